The summed E-state index contributed by atoms with van der Waals surface area (Å²) in [7, 11) is 0. The van der Waals surface area contributed by atoms with Gasteiger partial charge < -0.3 is 5.32 Å². The van der Waals surface area contributed by atoms with Gasteiger partial charge in [-0.25, -0.2) is 0 Å². The molecule has 0 radical (unpaired) electrons. The summed E-state index contributed by atoms with van der Waals surface area (Å²) in [5, 5.41) is 3.58. The number of nitrogens with one attached hydrogen (secondary N) is 1. The number of rotatable bonds is 8. The van der Waals surface area contributed by atoms with Crippen LogP contribution in [-0.2, 0) is 6.42 Å². The predicted molar refractivity (Wildman–Crippen MR) is 72.7 cm³/mol. The van der Waals surface area contributed by atoms with E-state index >= 15 is 0 Å². The zero-order chi connectivity index (χ0) is 12.3. The fourth-order valence-corrected chi connectivity index (χ4v) is 1.88. The van der Waals surface area contributed by atoms with Gasteiger partial charge in [-0.3, -0.25) is 4.98 Å². The van der Waals surface area contributed by atoms with Gasteiger partial charge >= 0.3 is 0 Å². The first-order chi connectivity index (χ1) is 8.36. The highest BCUT2D eigenvalue weighted by Crippen LogP contribution is 2.08. The van der Waals surface area contributed by atoms with E-state index in [1.54, 1.807) is 0 Å². The number of pyridine rings is 1. The molecule has 1 heterocycles. The molecule has 2 heteroatoms. The van der Waals surface area contributed by atoms with Crippen LogP contribution in [0, 0.1) is 12.3 Å². The normalized spacial score (nSPS) is 12.0. The molecule has 1 aromatic heterocycles. The largest absolute Gasteiger partial charge is 0.314 e. The topological polar surface area (TPSA) is 24.9 Å². The van der Waals surface area contributed by atoms with Gasteiger partial charge in [0.2, 0.25) is 0 Å². The number of hydrogen-bond acceptors (Lipinski definition) is 2. The molecular weight excluding hydrogens is 208 g/mol. The van der Waals surface area contributed by atoms with Gasteiger partial charge in [-0.15, -0.1) is 12.3 Å². The van der Waals surface area contributed by atoms with Crippen LogP contribution in [0.2, 0.25) is 0 Å². The van der Waals surface area contributed by atoms with Crippen LogP contribution in [0.15, 0.2) is 24.5 Å². The number of aromatic nitrogens is 1. The maximum absolute atomic E-state index is 5.29. The van der Waals surface area contributed by atoms with Crippen molar-refractivity contribution in [2.45, 2.75) is 45.1 Å². The fourth-order valence-electron chi connectivity index (χ4n) is 1.88. The van der Waals surface area contributed by atoms with Crippen molar-refractivity contribution in [2.75, 3.05) is 6.54 Å². The van der Waals surface area contributed by atoms with E-state index in [4.69, 9.17) is 6.42 Å². The summed E-state index contributed by atoms with van der Waals surface area (Å²) in [5.74, 6) is 2.70. The van der Waals surface area contributed by atoms with E-state index in [1.807, 2.05) is 18.5 Å². The van der Waals surface area contributed by atoms with Gasteiger partial charge in [0.1, 0.15) is 0 Å². The second-order valence-electron chi connectivity index (χ2n) is 4.31. The van der Waals surface area contributed by atoms with Crippen LogP contribution >= 0.6 is 0 Å². The second-order valence-corrected chi connectivity index (χ2v) is 4.31. The monoisotopic (exact) mass is 230 g/mol. The maximum atomic E-state index is 5.29. The quantitative estimate of drug-likeness (QED) is 0.548. The predicted octanol–water partition coefficient (Wildman–Crippen LogP) is 2.80. The molecule has 17 heavy (non-hydrogen) atoms. The number of terminal acetylenes is 1. The average molecular weight is 230 g/mol. The molecule has 92 valence electrons. The Morgan fingerprint density at radius 2 is 2.41 bits per heavy atom. The maximum Gasteiger partial charge on any atom is 0.0300 e. The highest BCUT2D eigenvalue weighted by atomic mass is 14.9. The zero-order valence-electron chi connectivity index (χ0n) is 10.7. The highest BCUT2D eigenvalue weighted by Gasteiger charge is 2.08. The summed E-state index contributed by atoms with van der Waals surface area (Å²) in [6.07, 6.45) is 14.4. The molecule has 0 aliphatic rings. The first-order valence-corrected chi connectivity index (χ1v) is 6.42. The Hall–Kier alpha value is -1.33. The molecule has 0 spiro atoms. The summed E-state index contributed by atoms with van der Waals surface area (Å²) in [5.41, 5.74) is 1.29. The molecule has 1 aromatic rings. The number of nitrogens with zero attached hydrogens (tertiary/aromatic N) is 1. The Bertz CT molecular complexity index is 327. The van der Waals surface area contributed by atoms with E-state index in [2.05, 4.69) is 29.2 Å². The fraction of sp³-hybridized carbons (Fsp3) is 0.533. The SMILES string of the molecule is C#CCCCC(Cc1cccnc1)NCCC. The van der Waals surface area contributed by atoms with E-state index in [0.29, 0.717) is 6.04 Å². The molecule has 1 unspecified atom stereocenters. The van der Waals surface area contributed by atoms with Gasteiger partial charge in [-0.05, 0) is 43.9 Å². The molecule has 0 aromatic carbocycles. The molecular formula is C15H22N2. The number of unbranched alkanes of at least 4 members (excludes halogenated alkanes) is 1. The third-order valence-corrected chi connectivity index (χ3v) is 2.76. The van der Waals surface area contributed by atoms with Gasteiger partial charge in [0.15, 0.2) is 0 Å². The average Bonchev–Trinajstić information content (AvgIpc) is 2.37. The van der Waals surface area contributed by atoms with Gasteiger partial charge in [0.25, 0.3) is 0 Å². The molecule has 0 aliphatic carbocycles. The van der Waals surface area contributed by atoms with Crippen LogP contribution in [0.4, 0.5) is 0 Å². The molecule has 1 atom stereocenters. The second kappa shape index (κ2) is 8.78. The van der Waals surface area contributed by atoms with Crippen molar-refractivity contribution in [3.63, 3.8) is 0 Å². The van der Waals surface area contributed by atoms with Crippen molar-refractivity contribution in [3.8, 4) is 12.3 Å². The van der Waals surface area contributed by atoms with Crippen molar-refractivity contribution < 1.29 is 0 Å². The van der Waals surface area contributed by atoms with Crippen molar-refractivity contribution in [1.29, 1.82) is 0 Å². The minimum Gasteiger partial charge on any atom is -0.314 e. The van der Waals surface area contributed by atoms with E-state index in [9.17, 15) is 0 Å². The van der Waals surface area contributed by atoms with E-state index in [-0.39, 0.29) is 0 Å². The lowest BCUT2D eigenvalue weighted by Crippen LogP contribution is -2.31. The lowest BCUT2D eigenvalue weighted by atomic mass is 10.0. The van der Waals surface area contributed by atoms with Crippen molar-refractivity contribution in [3.05, 3.63) is 30.1 Å². The van der Waals surface area contributed by atoms with E-state index in [1.165, 1.54) is 12.0 Å². The standard InChI is InChI=1S/C15H22N2/c1-3-5-6-9-15(17-10-4-2)12-14-8-7-11-16-13-14/h1,7-8,11,13,15,17H,4-6,9-10,12H2,2H3. The van der Waals surface area contributed by atoms with Crippen LogP contribution in [0.5, 0.6) is 0 Å². The first kappa shape index (κ1) is 13.7. The Kier molecular flexibility index (Phi) is 7.09. The summed E-state index contributed by atoms with van der Waals surface area (Å²) >= 11 is 0. The van der Waals surface area contributed by atoms with Gasteiger partial charge in [0.05, 0.1) is 0 Å². The molecule has 1 rings (SSSR count). The lowest BCUT2D eigenvalue weighted by Gasteiger charge is -2.18. The lowest BCUT2D eigenvalue weighted by molar-refractivity contribution is 0.467. The summed E-state index contributed by atoms with van der Waals surface area (Å²) in [6.45, 7) is 3.26. The Morgan fingerprint density at radius 3 is 3.06 bits per heavy atom. The van der Waals surface area contributed by atoms with E-state index < -0.39 is 0 Å². The summed E-state index contributed by atoms with van der Waals surface area (Å²) in [4.78, 5) is 4.15. The molecule has 0 fully saturated rings. The Balaban J connectivity index is 2.42. The van der Waals surface area contributed by atoms with Gasteiger partial charge in [0, 0.05) is 24.9 Å². The molecule has 1 N–H and O–H groups in total. The molecule has 0 amide bonds. The smallest absolute Gasteiger partial charge is 0.0300 e. The van der Waals surface area contributed by atoms with Crippen LogP contribution in [0.1, 0.15) is 38.2 Å². The molecule has 0 saturated carbocycles. The van der Waals surface area contributed by atoms with Crippen LogP contribution in [0.25, 0.3) is 0 Å². The number of hydrogen-bond donors (Lipinski definition) is 1. The first-order valence-electron chi connectivity index (χ1n) is 6.42. The van der Waals surface area contributed by atoms with Crippen molar-refractivity contribution in [2.24, 2.45) is 0 Å². The van der Waals surface area contributed by atoms with Crippen LogP contribution < -0.4 is 5.32 Å². The minimum atomic E-state index is 0.521. The van der Waals surface area contributed by atoms with Crippen LogP contribution in [-0.4, -0.2) is 17.6 Å². The molecule has 2 nitrogen and oxygen atoms in total. The van der Waals surface area contributed by atoms with Gasteiger partial charge in [-0.2, -0.15) is 0 Å². The van der Waals surface area contributed by atoms with Crippen LogP contribution in [0.3, 0.4) is 0 Å². The third kappa shape index (κ3) is 6.09. The Labute approximate surface area is 105 Å². The Morgan fingerprint density at radius 1 is 1.53 bits per heavy atom. The van der Waals surface area contributed by atoms with Gasteiger partial charge in [-0.1, -0.05) is 13.0 Å². The molecule has 0 aliphatic heterocycles. The minimum absolute atomic E-state index is 0.521. The molecule has 0 bridgehead atoms. The summed E-state index contributed by atoms with van der Waals surface area (Å²) in [6, 6.07) is 4.65. The van der Waals surface area contributed by atoms with Crippen molar-refractivity contribution in [1.82, 2.24) is 10.3 Å². The zero-order valence-corrected chi connectivity index (χ0v) is 10.7. The van der Waals surface area contributed by atoms with Crippen molar-refractivity contribution >= 4 is 0 Å². The highest BCUT2D eigenvalue weighted by molar-refractivity contribution is 5.10. The molecule has 0 saturated heterocycles. The third-order valence-electron chi connectivity index (χ3n) is 2.76. The summed E-state index contributed by atoms with van der Waals surface area (Å²) < 4.78 is 0. The van der Waals surface area contributed by atoms with E-state index in [0.717, 1.165) is 32.2 Å².